The van der Waals surface area contributed by atoms with Gasteiger partial charge in [0.1, 0.15) is 0 Å². The third-order valence-corrected chi connectivity index (χ3v) is 5.09. The normalized spacial score (nSPS) is 19.1. The van der Waals surface area contributed by atoms with Gasteiger partial charge in [0.25, 0.3) is 0 Å². The van der Waals surface area contributed by atoms with Crippen molar-refractivity contribution >= 4 is 35.0 Å². The van der Waals surface area contributed by atoms with Crippen molar-refractivity contribution in [3.8, 4) is 0 Å². The molecule has 1 aliphatic rings. The van der Waals surface area contributed by atoms with Crippen molar-refractivity contribution in [1.82, 2.24) is 0 Å². The molecule has 0 radical (unpaired) electrons. The fourth-order valence-electron chi connectivity index (χ4n) is 1.74. The van der Waals surface area contributed by atoms with Gasteiger partial charge in [-0.15, -0.1) is 11.8 Å². The Kier molecular flexibility index (Phi) is 4.26. The molecule has 0 spiro atoms. The van der Waals surface area contributed by atoms with Crippen LogP contribution < -0.4 is 5.73 Å². The zero-order valence-corrected chi connectivity index (χ0v) is 11.7. The van der Waals surface area contributed by atoms with E-state index in [9.17, 15) is 5.11 Å². The van der Waals surface area contributed by atoms with Crippen molar-refractivity contribution in [2.24, 2.45) is 11.7 Å². The largest absolute Gasteiger partial charge is 0.394 e. The molecule has 17 heavy (non-hydrogen) atoms. The van der Waals surface area contributed by atoms with Crippen molar-refractivity contribution in [3.05, 3.63) is 28.2 Å². The first kappa shape index (κ1) is 13.5. The first-order chi connectivity index (χ1) is 8.05. The van der Waals surface area contributed by atoms with E-state index in [1.807, 2.05) is 12.1 Å². The van der Waals surface area contributed by atoms with Crippen LogP contribution in [0.4, 0.5) is 0 Å². The molecule has 1 aromatic carbocycles. The van der Waals surface area contributed by atoms with Crippen LogP contribution in [0.1, 0.15) is 12.8 Å². The topological polar surface area (TPSA) is 46.2 Å². The zero-order valence-electron chi connectivity index (χ0n) is 9.33. The molecular formula is C12H15Cl2NOS. The van der Waals surface area contributed by atoms with Gasteiger partial charge >= 0.3 is 0 Å². The van der Waals surface area contributed by atoms with Gasteiger partial charge in [-0.25, -0.2) is 0 Å². The molecule has 0 heterocycles. The summed E-state index contributed by atoms with van der Waals surface area (Å²) in [6.45, 7) is 0.0337. The van der Waals surface area contributed by atoms with E-state index in [0.717, 1.165) is 17.7 Å². The first-order valence-corrected chi connectivity index (χ1v) is 7.27. The average molecular weight is 292 g/mol. The molecule has 0 bridgehead atoms. The molecule has 0 aromatic heterocycles. The highest BCUT2D eigenvalue weighted by Crippen LogP contribution is 2.41. The molecule has 2 nitrogen and oxygen atoms in total. The van der Waals surface area contributed by atoms with E-state index < -0.39 is 5.54 Å². The van der Waals surface area contributed by atoms with Gasteiger partial charge in [-0.05, 0) is 37.0 Å². The summed E-state index contributed by atoms with van der Waals surface area (Å²) in [6, 6.07) is 5.53. The number of hydrogen-bond acceptors (Lipinski definition) is 3. The standard InChI is InChI=1S/C12H15Cl2NOS/c13-10-4-3-9(5-11(10)14)17-7-12(15,6-16)8-1-2-8/h3-5,8,16H,1-2,6-7,15H2. The summed E-state index contributed by atoms with van der Waals surface area (Å²) in [6.07, 6.45) is 2.25. The second-order valence-corrected chi connectivity index (χ2v) is 6.39. The summed E-state index contributed by atoms with van der Waals surface area (Å²) in [4.78, 5) is 1.03. The number of thioether (sulfide) groups is 1. The lowest BCUT2D eigenvalue weighted by molar-refractivity contribution is 0.194. The highest BCUT2D eigenvalue weighted by atomic mass is 35.5. The minimum Gasteiger partial charge on any atom is -0.394 e. The molecule has 0 aliphatic heterocycles. The van der Waals surface area contributed by atoms with Crippen molar-refractivity contribution in [2.75, 3.05) is 12.4 Å². The molecule has 5 heteroatoms. The lowest BCUT2D eigenvalue weighted by Crippen LogP contribution is -2.48. The SMILES string of the molecule is NC(CO)(CSc1ccc(Cl)c(Cl)c1)C1CC1. The van der Waals surface area contributed by atoms with Crippen LogP contribution in [0, 0.1) is 5.92 Å². The summed E-state index contributed by atoms with van der Waals surface area (Å²) in [5, 5.41) is 10.5. The molecule has 1 atom stereocenters. The van der Waals surface area contributed by atoms with Crippen molar-refractivity contribution in [1.29, 1.82) is 0 Å². The third kappa shape index (κ3) is 3.30. The highest BCUT2D eigenvalue weighted by molar-refractivity contribution is 7.99. The molecule has 1 unspecified atom stereocenters. The smallest absolute Gasteiger partial charge is 0.0622 e. The van der Waals surface area contributed by atoms with Gasteiger partial charge in [0, 0.05) is 10.6 Å². The summed E-state index contributed by atoms with van der Waals surface area (Å²) < 4.78 is 0. The van der Waals surface area contributed by atoms with Crippen LogP contribution in [0.3, 0.4) is 0 Å². The number of rotatable bonds is 5. The molecule has 94 valence electrons. The van der Waals surface area contributed by atoms with Crippen LogP contribution in [-0.4, -0.2) is 23.0 Å². The summed E-state index contributed by atoms with van der Waals surface area (Å²) in [7, 11) is 0. The molecule has 2 rings (SSSR count). The maximum Gasteiger partial charge on any atom is 0.0622 e. The van der Waals surface area contributed by atoms with E-state index in [1.165, 1.54) is 0 Å². The van der Waals surface area contributed by atoms with Gasteiger partial charge in [0.2, 0.25) is 0 Å². The number of aliphatic hydroxyl groups excluding tert-OH is 1. The fourth-order valence-corrected chi connectivity index (χ4v) is 3.23. The third-order valence-electron chi connectivity index (χ3n) is 3.08. The van der Waals surface area contributed by atoms with Crippen LogP contribution in [0.25, 0.3) is 0 Å². The Labute approximate surface area is 115 Å². The maximum atomic E-state index is 9.39. The van der Waals surface area contributed by atoms with Crippen LogP contribution in [0.5, 0.6) is 0 Å². The van der Waals surface area contributed by atoms with Gasteiger partial charge in [-0.3, -0.25) is 0 Å². The molecule has 1 aliphatic carbocycles. The van der Waals surface area contributed by atoms with E-state index in [2.05, 4.69) is 0 Å². The van der Waals surface area contributed by atoms with E-state index in [-0.39, 0.29) is 6.61 Å². The Hall–Kier alpha value is 0.0700. The number of benzene rings is 1. The molecule has 3 N–H and O–H groups in total. The van der Waals surface area contributed by atoms with Crippen molar-refractivity contribution in [2.45, 2.75) is 23.3 Å². The number of nitrogens with two attached hydrogens (primary N) is 1. The molecule has 1 aromatic rings. The van der Waals surface area contributed by atoms with E-state index in [4.69, 9.17) is 28.9 Å². The maximum absolute atomic E-state index is 9.39. The fraction of sp³-hybridized carbons (Fsp3) is 0.500. The molecule has 0 saturated heterocycles. The summed E-state index contributed by atoms with van der Waals surface area (Å²) >= 11 is 13.4. The molecule has 1 fully saturated rings. The summed E-state index contributed by atoms with van der Waals surface area (Å²) in [5.41, 5.74) is 5.73. The lowest BCUT2D eigenvalue weighted by Gasteiger charge is -2.26. The van der Waals surface area contributed by atoms with Crippen LogP contribution in [0.15, 0.2) is 23.1 Å². The molecular weight excluding hydrogens is 277 g/mol. The first-order valence-electron chi connectivity index (χ1n) is 5.53. The van der Waals surface area contributed by atoms with Crippen LogP contribution >= 0.6 is 35.0 Å². The van der Waals surface area contributed by atoms with Gasteiger partial charge in [-0.2, -0.15) is 0 Å². The quantitative estimate of drug-likeness (QED) is 0.819. The number of aliphatic hydroxyl groups is 1. The Morgan fingerprint density at radius 1 is 1.35 bits per heavy atom. The van der Waals surface area contributed by atoms with Gasteiger partial charge in [0.05, 0.1) is 22.2 Å². The minimum atomic E-state index is -0.462. The van der Waals surface area contributed by atoms with Crippen molar-refractivity contribution in [3.63, 3.8) is 0 Å². The van der Waals surface area contributed by atoms with Crippen LogP contribution in [-0.2, 0) is 0 Å². The summed E-state index contributed by atoms with van der Waals surface area (Å²) in [5.74, 6) is 1.16. The van der Waals surface area contributed by atoms with Crippen LogP contribution in [0.2, 0.25) is 10.0 Å². The Bertz CT molecular complexity index is 411. The second kappa shape index (κ2) is 5.37. The number of halogens is 2. The van der Waals surface area contributed by atoms with E-state index >= 15 is 0 Å². The minimum absolute atomic E-state index is 0.0337. The molecule has 1 saturated carbocycles. The zero-order chi connectivity index (χ0) is 12.5. The van der Waals surface area contributed by atoms with E-state index in [1.54, 1.807) is 17.8 Å². The Balaban J connectivity index is 1.98. The van der Waals surface area contributed by atoms with Gasteiger partial charge < -0.3 is 10.8 Å². The van der Waals surface area contributed by atoms with Gasteiger partial charge in [0.15, 0.2) is 0 Å². The Morgan fingerprint density at radius 2 is 2.06 bits per heavy atom. The second-order valence-electron chi connectivity index (χ2n) is 4.53. The predicted octanol–water partition coefficient (Wildman–Crippen LogP) is 3.19. The van der Waals surface area contributed by atoms with Gasteiger partial charge in [-0.1, -0.05) is 23.2 Å². The Morgan fingerprint density at radius 3 is 2.59 bits per heavy atom. The number of hydrogen-bond donors (Lipinski definition) is 2. The molecule has 0 amide bonds. The highest BCUT2D eigenvalue weighted by Gasteiger charge is 2.41. The van der Waals surface area contributed by atoms with Crippen molar-refractivity contribution < 1.29 is 5.11 Å². The monoisotopic (exact) mass is 291 g/mol. The van der Waals surface area contributed by atoms with E-state index in [0.29, 0.717) is 21.7 Å². The average Bonchev–Trinajstić information content (AvgIpc) is 3.14. The lowest BCUT2D eigenvalue weighted by atomic mass is 9.99. The predicted molar refractivity (Wildman–Crippen MR) is 73.9 cm³/mol.